The van der Waals surface area contributed by atoms with Gasteiger partial charge < -0.3 is 5.11 Å². The number of carbonyl (C=O) groups is 1. The van der Waals surface area contributed by atoms with Crippen molar-refractivity contribution in [3.8, 4) is 0 Å². The summed E-state index contributed by atoms with van der Waals surface area (Å²) in [5.74, 6) is 0.00383. The SMILES string of the molecule is CC(C)(C)c1nnnn1CC1(C(=O)O)CCC1. The smallest absolute Gasteiger partial charge is 0.311 e. The summed E-state index contributed by atoms with van der Waals surface area (Å²) in [6, 6.07) is 0. The summed E-state index contributed by atoms with van der Waals surface area (Å²) in [6.07, 6.45) is 2.40. The van der Waals surface area contributed by atoms with Gasteiger partial charge in [0, 0.05) is 5.41 Å². The maximum atomic E-state index is 11.3. The summed E-state index contributed by atoms with van der Waals surface area (Å²) in [7, 11) is 0. The van der Waals surface area contributed by atoms with Gasteiger partial charge in [-0.15, -0.1) is 5.10 Å². The molecule has 1 fully saturated rings. The number of aromatic nitrogens is 4. The summed E-state index contributed by atoms with van der Waals surface area (Å²) >= 11 is 0. The van der Waals surface area contributed by atoms with E-state index in [1.807, 2.05) is 20.8 Å². The number of rotatable bonds is 3. The Morgan fingerprint density at radius 1 is 1.47 bits per heavy atom. The van der Waals surface area contributed by atoms with E-state index in [4.69, 9.17) is 0 Å². The molecule has 1 aliphatic carbocycles. The van der Waals surface area contributed by atoms with E-state index < -0.39 is 11.4 Å². The van der Waals surface area contributed by atoms with E-state index >= 15 is 0 Å². The highest BCUT2D eigenvalue weighted by Crippen LogP contribution is 2.42. The van der Waals surface area contributed by atoms with Gasteiger partial charge >= 0.3 is 5.97 Å². The average Bonchev–Trinajstić information content (AvgIpc) is 2.57. The monoisotopic (exact) mass is 238 g/mol. The van der Waals surface area contributed by atoms with Crippen LogP contribution in [0.4, 0.5) is 0 Å². The molecule has 1 aromatic rings. The lowest BCUT2D eigenvalue weighted by Crippen LogP contribution is -2.42. The Morgan fingerprint density at radius 2 is 2.12 bits per heavy atom. The quantitative estimate of drug-likeness (QED) is 0.856. The Morgan fingerprint density at radius 3 is 2.53 bits per heavy atom. The first-order valence-corrected chi connectivity index (χ1v) is 5.85. The van der Waals surface area contributed by atoms with Gasteiger partial charge in [-0.05, 0) is 23.3 Å². The third-order valence-electron chi connectivity index (χ3n) is 3.42. The van der Waals surface area contributed by atoms with Crippen molar-refractivity contribution in [1.82, 2.24) is 20.2 Å². The van der Waals surface area contributed by atoms with Crippen molar-refractivity contribution in [2.45, 2.75) is 52.0 Å². The molecule has 2 rings (SSSR count). The molecule has 1 saturated carbocycles. The summed E-state index contributed by atoms with van der Waals surface area (Å²) in [4.78, 5) is 11.3. The van der Waals surface area contributed by atoms with Crippen LogP contribution >= 0.6 is 0 Å². The molecular formula is C11H18N4O2. The van der Waals surface area contributed by atoms with E-state index in [1.165, 1.54) is 0 Å². The molecule has 0 spiro atoms. The first kappa shape index (κ1) is 12.0. The first-order valence-electron chi connectivity index (χ1n) is 5.85. The first-order chi connectivity index (χ1) is 7.85. The van der Waals surface area contributed by atoms with Gasteiger partial charge in [-0.25, -0.2) is 4.68 Å². The summed E-state index contributed by atoms with van der Waals surface area (Å²) < 4.78 is 1.65. The number of aliphatic carboxylic acids is 1. The second kappa shape index (κ2) is 3.78. The molecule has 1 heterocycles. The lowest BCUT2D eigenvalue weighted by atomic mass is 9.68. The lowest BCUT2D eigenvalue weighted by molar-refractivity contribution is -0.156. The van der Waals surface area contributed by atoms with Crippen LogP contribution in [0.2, 0.25) is 0 Å². The molecule has 6 heteroatoms. The second-order valence-corrected chi connectivity index (χ2v) is 5.85. The summed E-state index contributed by atoms with van der Waals surface area (Å²) in [5, 5.41) is 20.9. The Hall–Kier alpha value is -1.46. The second-order valence-electron chi connectivity index (χ2n) is 5.85. The normalized spacial score (nSPS) is 18.8. The highest BCUT2D eigenvalue weighted by Gasteiger charge is 2.45. The Kier molecular flexibility index (Phi) is 2.67. The molecule has 1 aliphatic rings. The molecule has 1 N–H and O–H groups in total. The zero-order valence-corrected chi connectivity index (χ0v) is 10.5. The van der Waals surface area contributed by atoms with E-state index in [0.717, 1.165) is 12.2 Å². The van der Waals surface area contributed by atoms with Crippen molar-refractivity contribution < 1.29 is 9.90 Å². The number of carboxylic acid groups (broad SMARTS) is 1. The van der Waals surface area contributed by atoms with Crippen LogP contribution in [0.1, 0.15) is 45.9 Å². The number of hydrogen-bond acceptors (Lipinski definition) is 4. The minimum absolute atomic E-state index is 0.174. The van der Waals surface area contributed by atoms with Crippen LogP contribution in [0.25, 0.3) is 0 Å². The molecule has 0 unspecified atom stereocenters. The van der Waals surface area contributed by atoms with Crippen LogP contribution in [0.5, 0.6) is 0 Å². The maximum Gasteiger partial charge on any atom is 0.311 e. The molecule has 0 aliphatic heterocycles. The Labute approximate surface area is 100 Å². The van der Waals surface area contributed by atoms with Gasteiger partial charge in [0.05, 0.1) is 12.0 Å². The maximum absolute atomic E-state index is 11.3. The molecule has 17 heavy (non-hydrogen) atoms. The van der Waals surface area contributed by atoms with Crippen LogP contribution in [0, 0.1) is 5.41 Å². The van der Waals surface area contributed by atoms with E-state index in [-0.39, 0.29) is 5.41 Å². The largest absolute Gasteiger partial charge is 0.481 e. The van der Waals surface area contributed by atoms with Crippen LogP contribution < -0.4 is 0 Å². The molecule has 0 atom stereocenters. The minimum atomic E-state index is -0.737. The fraction of sp³-hybridized carbons (Fsp3) is 0.818. The number of hydrogen-bond donors (Lipinski definition) is 1. The molecule has 0 saturated heterocycles. The molecule has 0 bridgehead atoms. The van der Waals surface area contributed by atoms with Crippen molar-refractivity contribution in [1.29, 1.82) is 0 Å². The van der Waals surface area contributed by atoms with E-state index in [9.17, 15) is 9.90 Å². The van der Waals surface area contributed by atoms with Crippen molar-refractivity contribution in [2.24, 2.45) is 5.41 Å². The molecule has 1 aromatic heterocycles. The van der Waals surface area contributed by atoms with Crippen LogP contribution in [-0.2, 0) is 16.8 Å². The number of tetrazole rings is 1. The zero-order valence-electron chi connectivity index (χ0n) is 10.5. The zero-order chi connectivity index (χ0) is 12.7. The molecule has 0 aromatic carbocycles. The van der Waals surface area contributed by atoms with Crippen molar-refractivity contribution >= 4 is 5.97 Å². The molecule has 0 radical (unpaired) electrons. The highest BCUT2D eigenvalue weighted by atomic mass is 16.4. The molecule has 6 nitrogen and oxygen atoms in total. The molecular weight excluding hydrogens is 220 g/mol. The summed E-state index contributed by atoms with van der Waals surface area (Å²) in [5.41, 5.74) is -0.831. The standard InChI is InChI=1S/C11H18N4O2/c1-10(2,3)8-12-13-14-15(8)7-11(9(16)17)5-4-6-11/h4-7H2,1-3H3,(H,16,17). The predicted octanol–water partition coefficient (Wildman–Crippen LogP) is 1.23. The third kappa shape index (κ3) is 2.03. The van der Waals surface area contributed by atoms with Crippen molar-refractivity contribution in [3.63, 3.8) is 0 Å². The molecule has 94 valence electrons. The predicted molar refractivity (Wildman–Crippen MR) is 60.4 cm³/mol. The number of nitrogens with zero attached hydrogens (tertiary/aromatic N) is 4. The van der Waals surface area contributed by atoms with E-state index in [0.29, 0.717) is 19.4 Å². The van der Waals surface area contributed by atoms with Crippen molar-refractivity contribution in [2.75, 3.05) is 0 Å². The van der Waals surface area contributed by atoms with Crippen LogP contribution in [0.3, 0.4) is 0 Å². The minimum Gasteiger partial charge on any atom is -0.481 e. The van der Waals surface area contributed by atoms with Gasteiger partial charge in [-0.1, -0.05) is 27.2 Å². The van der Waals surface area contributed by atoms with Gasteiger partial charge in [0.1, 0.15) is 0 Å². The topological polar surface area (TPSA) is 80.9 Å². The van der Waals surface area contributed by atoms with E-state index in [1.54, 1.807) is 4.68 Å². The van der Waals surface area contributed by atoms with Crippen molar-refractivity contribution in [3.05, 3.63) is 5.82 Å². The molecule has 0 amide bonds. The Bertz CT molecular complexity index is 429. The van der Waals surface area contributed by atoms with Crippen LogP contribution in [0.15, 0.2) is 0 Å². The highest BCUT2D eigenvalue weighted by molar-refractivity contribution is 5.75. The van der Waals surface area contributed by atoms with Gasteiger partial charge in [0.15, 0.2) is 5.82 Å². The van der Waals surface area contributed by atoms with Gasteiger partial charge in [0.25, 0.3) is 0 Å². The number of carboxylic acids is 1. The summed E-state index contributed by atoms with van der Waals surface area (Å²) in [6.45, 7) is 6.43. The van der Waals surface area contributed by atoms with Gasteiger partial charge in [0.2, 0.25) is 0 Å². The lowest BCUT2D eigenvalue weighted by Gasteiger charge is -2.37. The Balaban J connectivity index is 2.25. The third-order valence-corrected chi connectivity index (χ3v) is 3.42. The fourth-order valence-corrected chi connectivity index (χ4v) is 2.18. The van der Waals surface area contributed by atoms with E-state index in [2.05, 4.69) is 15.5 Å². The van der Waals surface area contributed by atoms with Crippen LogP contribution in [-0.4, -0.2) is 31.3 Å². The average molecular weight is 238 g/mol. The fourth-order valence-electron chi connectivity index (χ4n) is 2.18. The van der Waals surface area contributed by atoms with Gasteiger partial charge in [-0.3, -0.25) is 4.79 Å². The van der Waals surface area contributed by atoms with Gasteiger partial charge in [-0.2, -0.15) is 0 Å².